The van der Waals surface area contributed by atoms with E-state index in [1.807, 2.05) is 22.6 Å². The summed E-state index contributed by atoms with van der Waals surface area (Å²) >= 11 is 1.90. The maximum absolute atomic E-state index is 10.2. The monoisotopic (exact) mass is 248 g/mol. The fraction of sp³-hybridized carbons (Fsp3) is 0. The first kappa shape index (κ1) is 7.46. The van der Waals surface area contributed by atoms with E-state index < -0.39 is 4.92 Å². The molecule has 0 aliphatic rings. The van der Waals surface area contributed by atoms with Gasteiger partial charge in [0.05, 0.1) is 14.6 Å². The number of benzene rings is 1. The highest BCUT2D eigenvalue weighted by Gasteiger charge is 2.08. The summed E-state index contributed by atoms with van der Waals surface area (Å²) in [5.41, 5.74) is 0.0445. The molecule has 0 aliphatic heterocycles. The smallest absolute Gasteiger partial charge is 0.258 e. The van der Waals surface area contributed by atoms with Gasteiger partial charge in [-0.25, -0.2) is 0 Å². The number of para-hydroxylation sites is 1. The molecule has 1 aromatic carbocycles. The molecule has 3 nitrogen and oxygen atoms in total. The lowest BCUT2D eigenvalue weighted by Crippen LogP contribution is -1.89. The van der Waals surface area contributed by atoms with Crippen LogP contribution < -0.4 is 0 Å². The molecule has 0 aliphatic carbocycles. The Kier molecular flexibility index (Phi) is 2.21. The molecule has 0 unspecified atom stereocenters. The van der Waals surface area contributed by atoms with Crippen LogP contribution in [0, 0.1) is 19.8 Å². The van der Waals surface area contributed by atoms with E-state index in [0.29, 0.717) is 3.57 Å². The normalized spacial score (nSPS) is 9.30. The van der Waals surface area contributed by atoms with Crippen molar-refractivity contribution < 1.29 is 4.92 Å². The number of nitro groups is 1. The molecular formula is C6H3INO2. The highest BCUT2D eigenvalue weighted by atomic mass is 127. The van der Waals surface area contributed by atoms with E-state index in [0.717, 1.165) is 0 Å². The number of nitrogens with zero attached hydrogens (tertiary/aromatic N) is 1. The van der Waals surface area contributed by atoms with Crippen LogP contribution in [0.1, 0.15) is 0 Å². The van der Waals surface area contributed by atoms with Gasteiger partial charge in [0.2, 0.25) is 0 Å². The van der Waals surface area contributed by atoms with Crippen LogP contribution in [0.3, 0.4) is 0 Å². The number of nitro benzene ring substituents is 1. The predicted molar refractivity (Wildman–Crippen MR) is 44.6 cm³/mol. The Bertz CT molecular complexity index is 262. The minimum absolute atomic E-state index is 0.0445. The summed E-state index contributed by atoms with van der Waals surface area (Å²) in [7, 11) is 0. The third kappa shape index (κ3) is 1.44. The number of rotatable bonds is 1. The highest BCUT2D eigenvalue weighted by Crippen LogP contribution is 2.17. The van der Waals surface area contributed by atoms with E-state index in [4.69, 9.17) is 0 Å². The fourth-order valence-electron chi connectivity index (χ4n) is 0.547. The minimum atomic E-state index is -0.443. The van der Waals surface area contributed by atoms with Crippen LogP contribution in [0.5, 0.6) is 0 Å². The van der Waals surface area contributed by atoms with E-state index in [1.165, 1.54) is 6.07 Å². The topological polar surface area (TPSA) is 43.1 Å². The van der Waals surface area contributed by atoms with Crippen molar-refractivity contribution in [2.45, 2.75) is 0 Å². The van der Waals surface area contributed by atoms with Crippen molar-refractivity contribution in [3.05, 3.63) is 37.9 Å². The van der Waals surface area contributed by atoms with Crippen molar-refractivity contribution in [2.75, 3.05) is 0 Å². The molecule has 0 saturated carbocycles. The Hall–Kier alpha value is -0.650. The second kappa shape index (κ2) is 2.96. The van der Waals surface area contributed by atoms with Gasteiger partial charge in [0.1, 0.15) is 0 Å². The van der Waals surface area contributed by atoms with Crippen LogP contribution >= 0.6 is 22.6 Å². The summed E-state index contributed by atoms with van der Waals surface area (Å²) in [5, 5.41) is 10.2. The predicted octanol–water partition coefficient (Wildman–Crippen LogP) is 2.00. The summed E-state index contributed by atoms with van der Waals surface area (Å²) in [6.45, 7) is 0. The lowest BCUT2D eigenvalue weighted by atomic mass is 10.3. The van der Waals surface area contributed by atoms with Gasteiger partial charge in [0.15, 0.2) is 0 Å². The van der Waals surface area contributed by atoms with Gasteiger partial charge >= 0.3 is 0 Å². The molecule has 0 bridgehead atoms. The van der Waals surface area contributed by atoms with Gasteiger partial charge < -0.3 is 0 Å². The number of hydrogen-bond acceptors (Lipinski definition) is 2. The van der Waals surface area contributed by atoms with Gasteiger partial charge in [-0.05, 0) is 34.7 Å². The SMILES string of the molecule is O=[N+]([O-])c1[c]cccc1I. The molecule has 0 N–H and O–H groups in total. The lowest BCUT2D eigenvalue weighted by molar-refractivity contribution is -0.386. The largest absolute Gasteiger partial charge is 0.290 e. The maximum Gasteiger partial charge on any atom is 0.290 e. The first-order chi connectivity index (χ1) is 4.72. The minimum Gasteiger partial charge on any atom is -0.258 e. The number of hydrogen-bond donors (Lipinski definition) is 0. The van der Waals surface area contributed by atoms with E-state index >= 15 is 0 Å². The van der Waals surface area contributed by atoms with Crippen LogP contribution in [-0.4, -0.2) is 4.92 Å². The fourth-order valence-corrected chi connectivity index (χ4v) is 1.11. The van der Waals surface area contributed by atoms with Crippen molar-refractivity contribution in [2.24, 2.45) is 0 Å². The zero-order chi connectivity index (χ0) is 7.56. The first-order valence-electron chi connectivity index (χ1n) is 2.52. The standard InChI is InChI=1S/C6H3INO2/c7-5-3-1-2-4-6(5)8(9)10/h1-3H. The molecule has 51 valence electrons. The molecule has 0 spiro atoms. The first-order valence-corrected chi connectivity index (χ1v) is 3.60. The van der Waals surface area contributed by atoms with Crippen molar-refractivity contribution in [3.8, 4) is 0 Å². The van der Waals surface area contributed by atoms with E-state index in [2.05, 4.69) is 6.07 Å². The molecule has 0 atom stereocenters. The molecule has 4 heteroatoms. The molecule has 10 heavy (non-hydrogen) atoms. The molecule has 0 aromatic heterocycles. The zero-order valence-corrected chi connectivity index (χ0v) is 7.03. The molecule has 1 aromatic rings. The van der Waals surface area contributed by atoms with Gasteiger partial charge in [0, 0.05) is 0 Å². The van der Waals surface area contributed by atoms with Gasteiger partial charge in [0.25, 0.3) is 5.69 Å². The zero-order valence-electron chi connectivity index (χ0n) is 4.87. The lowest BCUT2D eigenvalue weighted by Gasteiger charge is -1.90. The van der Waals surface area contributed by atoms with E-state index in [9.17, 15) is 10.1 Å². The quantitative estimate of drug-likeness (QED) is 0.433. The van der Waals surface area contributed by atoms with Crippen LogP contribution in [-0.2, 0) is 0 Å². The Morgan fingerprint density at radius 3 is 2.80 bits per heavy atom. The Morgan fingerprint density at radius 1 is 1.70 bits per heavy atom. The summed E-state index contributed by atoms with van der Waals surface area (Å²) in [5.74, 6) is 0. The Morgan fingerprint density at radius 2 is 2.40 bits per heavy atom. The third-order valence-corrected chi connectivity index (χ3v) is 1.84. The van der Waals surface area contributed by atoms with E-state index in [-0.39, 0.29) is 5.69 Å². The Labute approximate surface area is 71.3 Å². The van der Waals surface area contributed by atoms with Crippen molar-refractivity contribution in [1.82, 2.24) is 0 Å². The van der Waals surface area contributed by atoms with Crippen LogP contribution in [0.2, 0.25) is 0 Å². The van der Waals surface area contributed by atoms with Gasteiger partial charge in [-0.2, -0.15) is 0 Å². The average molecular weight is 248 g/mol. The summed E-state index contributed by atoms with van der Waals surface area (Å²) in [6, 6.07) is 7.45. The van der Waals surface area contributed by atoms with Crippen LogP contribution in [0.4, 0.5) is 5.69 Å². The summed E-state index contributed by atoms with van der Waals surface area (Å²) in [4.78, 5) is 9.75. The van der Waals surface area contributed by atoms with Crippen LogP contribution in [0.15, 0.2) is 18.2 Å². The van der Waals surface area contributed by atoms with Crippen molar-refractivity contribution >= 4 is 28.3 Å². The van der Waals surface area contributed by atoms with Crippen molar-refractivity contribution in [3.63, 3.8) is 0 Å². The average Bonchev–Trinajstić information content (AvgIpc) is 1.88. The van der Waals surface area contributed by atoms with Gasteiger partial charge in [-0.3, -0.25) is 10.1 Å². The second-order valence-corrected chi connectivity index (χ2v) is 2.79. The van der Waals surface area contributed by atoms with Crippen molar-refractivity contribution in [1.29, 1.82) is 0 Å². The number of halogens is 1. The molecule has 0 saturated heterocycles. The highest BCUT2D eigenvalue weighted by molar-refractivity contribution is 14.1. The second-order valence-electron chi connectivity index (χ2n) is 1.62. The maximum atomic E-state index is 10.2. The Balaban J connectivity index is 3.15. The van der Waals surface area contributed by atoms with E-state index in [1.54, 1.807) is 12.1 Å². The molecular weight excluding hydrogens is 245 g/mol. The third-order valence-electron chi connectivity index (χ3n) is 0.968. The van der Waals surface area contributed by atoms with Gasteiger partial charge in [-0.1, -0.05) is 6.07 Å². The van der Waals surface area contributed by atoms with Crippen LogP contribution in [0.25, 0.3) is 0 Å². The molecule has 1 radical (unpaired) electrons. The summed E-state index contributed by atoms with van der Waals surface area (Å²) in [6.07, 6.45) is 0. The molecule has 1 rings (SSSR count). The molecule has 0 fully saturated rings. The molecule has 0 amide bonds. The summed E-state index contributed by atoms with van der Waals surface area (Å²) < 4.78 is 0.616. The van der Waals surface area contributed by atoms with Gasteiger partial charge in [-0.15, -0.1) is 0 Å². The molecule has 0 heterocycles.